The van der Waals surface area contributed by atoms with E-state index in [1.165, 1.54) is 0 Å². The molecule has 0 atom stereocenters. The van der Waals surface area contributed by atoms with Gasteiger partial charge in [0.15, 0.2) is 0 Å². The molecule has 0 nitrogen and oxygen atoms in total. The molecule has 0 bridgehead atoms. The Morgan fingerprint density at radius 1 is 0.364 bits per heavy atom. The minimum Gasteiger partial charge on any atom is -1.00 e. The smallest absolute Gasteiger partial charge is 1.00 e. The van der Waals surface area contributed by atoms with Crippen LogP contribution in [-0.2, 0) is 0 Å². The molecule has 0 N–H and O–H groups in total. The van der Waals surface area contributed by atoms with Gasteiger partial charge in [0.05, 0.1) is 0 Å². The zero-order valence-corrected chi connectivity index (χ0v) is 4.05. The second kappa shape index (κ2) is 4140. The Labute approximate surface area is 62.1 Å². The minimum atomic E-state index is 0. The molecule has 0 aliphatic rings. The van der Waals surface area contributed by atoms with Gasteiger partial charge in [0, 0.05) is 0 Å². The largest absolute Gasteiger partial charge is 4.00 e. The van der Waals surface area contributed by atoms with E-state index in [2.05, 4.69) is 0 Å². The van der Waals surface area contributed by atoms with Gasteiger partial charge in [-0.3, -0.25) is 23.5 Å². The summed E-state index contributed by atoms with van der Waals surface area (Å²) in [6.07, 6.45) is 0. The zero-order chi connectivity index (χ0) is 0. The van der Waals surface area contributed by atoms with Crippen molar-refractivity contribution >= 4 is 11.0 Å². The van der Waals surface area contributed by atoms with E-state index in [4.69, 9.17) is 0 Å². The van der Waals surface area contributed by atoms with Gasteiger partial charge in [-0.25, -0.2) is 0 Å². The van der Waals surface area contributed by atoms with Gasteiger partial charge >= 0.3 is 7.43 Å². The van der Waals surface area contributed by atoms with Crippen LogP contribution in [0.3, 0.4) is 0 Å². The number of rotatable bonds is 0. The molecule has 0 saturated carbocycles. The van der Waals surface area contributed by atoms with E-state index in [0.29, 0.717) is 0 Å². The van der Waals surface area contributed by atoms with Crippen molar-refractivity contribution in [2.24, 2.45) is 0 Å². The molecule has 0 heterocycles. The monoisotopic (exact) mass is 220 g/mol. The standard InChI is InChI=1S/C.9FH.H4Si/h;9*1H;1H4/q+4;;;;;;;;;;/p-4. The summed E-state index contributed by atoms with van der Waals surface area (Å²) in [6.45, 7) is 0. The predicted octanol–water partition coefficient (Wildman–Crippen LogP) is -12.6. The molecule has 0 saturated heterocycles. The van der Waals surface area contributed by atoms with E-state index in [0.717, 1.165) is 0 Å². The average Bonchev–Trinajstić information content (AvgIpc) is 0. The summed E-state index contributed by atoms with van der Waals surface area (Å²) < 4.78 is 0. The normalized spacial score (nSPS) is 0. The molecule has 0 aromatic rings. The fourth-order valence-electron chi connectivity index (χ4n) is 0. The van der Waals surface area contributed by atoms with Crippen molar-refractivity contribution in [2.45, 2.75) is 0 Å². The SMILES string of the molecule is F.F.F.F.F.[C+4].[F-].[F-].[F-].[F-].[SiH4]. The maximum atomic E-state index is 0. The molecular weight excluding hydrogens is 211 g/mol. The topological polar surface area (TPSA) is 0 Å². The summed E-state index contributed by atoms with van der Waals surface area (Å²) in [5, 5.41) is 0. The Bertz CT molecular complexity index is 9.52. The van der Waals surface area contributed by atoms with E-state index < -0.39 is 0 Å². The van der Waals surface area contributed by atoms with Crippen molar-refractivity contribution < 1.29 is 42.3 Å². The molecule has 10 heteroatoms. The molecular formula is CH9F9Si. The first-order chi connectivity index (χ1) is 0. The van der Waals surface area contributed by atoms with Gasteiger partial charge in [0.1, 0.15) is 0 Å². The number of halogens is 9. The van der Waals surface area contributed by atoms with E-state index in [1.54, 1.807) is 0 Å². The van der Waals surface area contributed by atoms with Crippen molar-refractivity contribution in [1.29, 1.82) is 0 Å². The van der Waals surface area contributed by atoms with E-state index >= 15 is 0 Å². The number of hydrogen-bond donors (Lipinski definition) is 0. The van der Waals surface area contributed by atoms with Gasteiger partial charge in [0.2, 0.25) is 0 Å². The molecule has 11 heavy (non-hydrogen) atoms. The molecule has 0 radical (unpaired) electrons. The van der Waals surface area contributed by atoms with Crippen LogP contribution in [0, 0.1) is 7.43 Å². The molecule has 0 unspecified atom stereocenters. The van der Waals surface area contributed by atoms with Crippen molar-refractivity contribution in [1.82, 2.24) is 0 Å². The molecule has 0 aliphatic carbocycles. The Morgan fingerprint density at radius 2 is 0.364 bits per heavy atom. The van der Waals surface area contributed by atoms with Crippen LogP contribution >= 0.6 is 0 Å². The molecule has 0 aliphatic heterocycles. The van der Waals surface area contributed by atoms with Gasteiger partial charge in [-0.15, -0.1) is 0 Å². The van der Waals surface area contributed by atoms with Gasteiger partial charge in [0.25, 0.3) is 0 Å². The van der Waals surface area contributed by atoms with Gasteiger partial charge < -0.3 is 18.8 Å². The summed E-state index contributed by atoms with van der Waals surface area (Å²) in [4.78, 5) is 0. The van der Waals surface area contributed by atoms with Gasteiger partial charge in [-0.05, 0) is 11.0 Å². The molecule has 80 valence electrons. The van der Waals surface area contributed by atoms with Crippen molar-refractivity contribution in [3.63, 3.8) is 0 Å². The predicted molar refractivity (Wildman–Crippen MR) is 27.1 cm³/mol. The average molecular weight is 220 g/mol. The zero-order valence-electron chi connectivity index (χ0n) is 4.05. The third kappa shape index (κ3) is 3230. The molecule has 0 aromatic heterocycles. The first-order valence-electron chi connectivity index (χ1n) is 0. The van der Waals surface area contributed by atoms with Crippen LogP contribution in [0.25, 0.3) is 0 Å². The second-order valence-corrected chi connectivity index (χ2v) is 0. The fourth-order valence-corrected chi connectivity index (χ4v) is 0. The molecule has 0 fully saturated rings. The second-order valence-electron chi connectivity index (χ2n) is 0. The summed E-state index contributed by atoms with van der Waals surface area (Å²) in [6, 6.07) is 0. The van der Waals surface area contributed by atoms with Crippen LogP contribution in [0.4, 0.5) is 23.5 Å². The van der Waals surface area contributed by atoms with E-state index in [-0.39, 0.29) is 60.7 Å². The molecule has 0 amide bonds. The maximum Gasteiger partial charge on any atom is 4.00 e. The minimum absolute atomic E-state index is 0. The first kappa shape index (κ1) is 5700. The first-order valence-corrected chi connectivity index (χ1v) is 0. The maximum absolute atomic E-state index is 0. The quantitative estimate of drug-likeness (QED) is 0.281. The van der Waals surface area contributed by atoms with Crippen LogP contribution in [-0.4, -0.2) is 11.0 Å². The van der Waals surface area contributed by atoms with Crippen LogP contribution < -0.4 is 18.8 Å². The van der Waals surface area contributed by atoms with Crippen LogP contribution in [0.2, 0.25) is 0 Å². The van der Waals surface area contributed by atoms with Gasteiger partial charge in [-0.2, -0.15) is 0 Å². The van der Waals surface area contributed by atoms with Crippen LogP contribution in [0.1, 0.15) is 0 Å². The van der Waals surface area contributed by atoms with Crippen LogP contribution in [0.5, 0.6) is 0 Å². The van der Waals surface area contributed by atoms with Gasteiger partial charge in [-0.1, -0.05) is 0 Å². The summed E-state index contributed by atoms with van der Waals surface area (Å²) >= 11 is 0. The van der Waals surface area contributed by atoms with Crippen LogP contribution in [0.15, 0.2) is 0 Å². The Kier molecular flexibility index (Phi) is 2150000. The fraction of sp³-hybridized carbons (Fsp3) is 0. The molecule has 0 rings (SSSR count). The summed E-state index contributed by atoms with van der Waals surface area (Å²) in [5.74, 6) is 0. The number of hydrogen-bond acceptors (Lipinski definition) is 0. The van der Waals surface area contributed by atoms with Crippen molar-refractivity contribution in [3.8, 4) is 0 Å². The third-order valence-electron chi connectivity index (χ3n) is 0. The summed E-state index contributed by atoms with van der Waals surface area (Å²) in [7, 11) is 0. The molecule has 0 aromatic carbocycles. The Balaban J connectivity index is 0. The van der Waals surface area contributed by atoms with Crippen molar-refractivity contribution in [3.05, 3.63) is 7.43 Å². The van der Waals surface area contributed by atoms with Crippen molar-refractivity contribution in [2.75, 3.05) is 0 Å². The summed E-state index contributed by atoms with van der Waals surface area (Å²) in [5.41, 5.74) is 0. The Morgan fingerprint density at radius 3 is 0.364 bits per heavy atom. The van der Waals surface area contributed by atoms with E-state index in [9.17, 15) is 0 Å². The Hall–Kier alpha value is -0.413. The third-order valence-corrected chi connectivity index (χ3v) is 0. The molecule has 0 spiro atoms. The van der Waals surface area contributed by atoms with E-state index in [1.807, 2.05) is 0 Å².